The summed E-state index contributed by atoms with van der Waals surface area (Å²) in [7, 11) is 0. The zero-order chi connectivity index (χ0) is 10.1. The number of fused-ring (bicyclic) bond motifs is 1. The maximum atomic E-state index is 10.5. The summed E-state index contributed by atoms with van der Waals surface area (Å²) in [6, 6.07) is 7.08. The molecular formula is C10H5BrNO2-. The van der Waals surface area contributed by atoms with Gasteiger partial charge in [0.05, 0.1) is 11.7 Å². The number of halogens is 1. The van der Waals surface area contributed by atoms with Gasteiger partial charge in [-0.3, -0.25) is 4.98 Å². The van der Waals surface area contributed by atoms with Gasteiger partial charge in [0.25, 0.3) is 0 Å². The van der Waals surface area contributed by atoms with Gasteiger partial charge >= 0.3 is 0 Å². The number of benzene rings is 1. The second kappa shape index (κ2) is 3.38. The number of carboxylic acids is 1. The lowest BCUT2D eigenvalue weighted by Gasteiger charge is -2.03. The van der Waals surface area contributed by atoms with E-state index in [0.29, 0.717) is 0 Å². The van der Waals surface area contributed by atoms with E-state index in [2.05, 4.69) is 20.9 Å². The topological polar surface area (TPSA) is 53.0 Å². The molecule has 0 radical (unpaired) electrons. The van der Waals surface area contributed by atoms with E-state index >= 15 is 0 Å². The Bertz CT molecular complexity index is 510. The second-order valence-corrected chi connectivity index (χ2v) is 3.76. The van der Waals surface area contributed by atoms with E-state index in [4.69, 9.17) is 0 Å². The van der Waals surface area contributed by atoms with E-state index in [1.54, 1.807) is 0 Å². The van der Waals surface area contributed by atoms with E-state index < -0.39 is 5.97 Å². The van der Waals surface area contributed by atoms with Crippen molar-refractivity contribution in [2.75, 3.05) is 0 Å². The third-order valence-electron chi connectivity index (χ3n) is 1.89. The predicted octanol–water partition coefficient (Wildman–Crippen LogP) is 1.36. The van der Waals surface area contributed by atoms with Crippen LogP contribution in [0.1, 0.15) is 10.5 Å². The predicted molar refractivity (Wildman–Crippen MR) is 53.8 cm³/mol. The van der Waals surface area contributed by atoms with Crippen LogP contribution < -0.4 is 5.11 Å². The molecule has 0 bridgehead atoms. The summed E-state index contributed by atoms with van der Waals surface area (Å²) in [6.45, 7) is 0. The molecule has 0 saturated heterocycles. The third kappa shape index (κ3) is 1.61. The van der Waals surface area contributed by atoms with Gasteiger partial charge in [-0.1, -0.05) is 22.0 Å². The molecule has 1 aromatic heterocycles. The van der Waals surface area contributed by atoms with Gasteiger partial charge in [-0.05, 0) is 23.6 Å². The molecule has 0 aliphatic rings. The van der Waals surface area contributed by atoms with E-state index in [1.807, 2.05) is 18.2 Å². The maximum absolute atomic E-state index is 10.5. The first-order valence-electron chi connectivity index (χ1n) is 3.93. The molecule has 0 unspecified atom stereocenters. The summed E-state index contributed by atoms with van der Waals surface area (Å²) >= 11 is 3.31. The van der Waals surface area contributed by atoms with Crippen LogP contribution in [0.5, 0.6) is 0 Å². The van der Waals surface area contributed by atoms with Crippen LogP contribution in [0.25, 0.3) is 10.8 Å². The maximum Gasteiger partial charge on any atom is 0.0900 e. The minimum absolute atomic E-state index is 0.0457. The standard InChI is InChI=1S/C10H6BrNO2/c11-8-2-1-6-5-12-9(10(13)14)4-7(6)3-8/h1-5H,(H,13,14)/p-1. The Kier molecular flexibility index (Phi) is 2.21. The van der Waals surface area contributed by atoms with Gasteiger partial charge in [-0.25, -0.2) is 0 Å². The Morgan fingerprint density at radius 3 is 2.79 bits per heavy atom. The van der Waals surface area contributed by atoms with E-state index in [1.165, 1.54) is 12.3 Å². The van der Waals surface area contributed by atoms with Crippen molar-refractivity contribution in [3.63, 3.8) is 0 Å². The van der Waals surface area contributed by atoms with Crippen LogP contribution in [0.3, 0.4) is 0 Å². The molecule has 0 spiro atoms. The SMILES string of the molecule is O=C([O-])c1cc2cc(Br)ccc2cn1. The number of hydrogen-bond acceptors (Lipinski definition) is 3. The van der Waals surface area contributed by atoms with Gasteiger partial charge < -0.3 is 9.90 Å². The molecule has 0 amide bonds. The second-order valence-electron chi connectivity index (χ2n) is 2.85. The zero-order valence-electron chi connectivity index (χ0n) is 7.03. The van der Waals surface area contributed by atoms with Crippen molar-refractivity contribution in [1.82, 2.24) is 4.98 Å². The molecule has 0 fully saturated rings. The molecule has 2 aromatic rings. The lowest BCUT2D eigenvalue weighted by molar-refractivity contribution is -0.255. The Hall–Kier alpha value is -1.42. The average molecular weight is 251 g/mol. The molecule has 1 aromatic carbocycles. The van der Waals surface area contributed by atoms with Gasteiger partial charge in [0.15, 0.2) is 0 Å². The number of carbonyl (C=O) groups excluding carboxylic acids is 1. The van der Waals surface area contributed by atoms with Crippen molar-refractivity contribution in [1.29, 1.82) is 0 Å². The summed E-state index contributed by atoms with van der Waals surface area (Å²) in [6.07, 6.45) is 1.52. The van der Waals surface area contributed by atoms with Crippen molar-refractivity contribution in [3.8, 4) is 0 Å². The first kappa shape index (κ1) is 9.15. The highest BCUT2D eigenvalue weighted by atomic mass is 79.9. The average Bonchev–Trinajstić information content (AvgIpc) is 2.16. The largest absolute Gasteiger partial charge is 0.543 e. The fourth-order valence-corrected chi connectivity index (χ4v) is 1.60. The van der Waals surface area contributed by atoms with Crippen molar-refractivity contribution in [3.05, 3.63) is 40.6 Å². The Balaban J connectivity index is 2.69. The van der Waals surface area contributed by atoms with Crippen LogP contribution in [0, 0.1) is 0 Å². The molecule has 0 saturated carbocycles. The number of aromatic nitrogens is 1. The highest BCUT2D eigenvalue weighted by molar-refractivity contribution is 9.10. The summed E-state index contributed by atoms with van der Waals surface area (Å²) in [5.74, 6) is -1.26. The first-order chi connectivity index (χ1) is 6.66. The Morgan fingerprint density at radius 1 is 1.29 bits per heavy atom. The monoisotopic (exact) mass is 250 g/mol. The number of pyridine rings is 1. The summed E-state index contributed by atoms with van der Waals surface area (Å²) < 4.78 is 0.903. The minimum Gasteiger partial charge on any atom is -0.543 e. The minimum atomic E-state index is -1.26. The Labute approximate surface area is 88.5 Å². The third-order valence-corrected chi connectivity index (χ3v) is 2.39. The van der Waals surface area contributed by atoms with Crippen LogP contribution >= 0.6 is 15.9 Å². The summed E-state index contributed by atoms with van der Waals surface area (Å²) in [5.41, 5.74) is -0.0457. The lowest BCUT2D eigenvalue weighted by Crippen LogP contribution is -2.23. The van der Waals surface area contributed by atoms with Gasteiger partial charge in [0.1, 0.15) is 0 Å². The van der Waals surface area contributed by atoms with Crippen LogP contribution in [0.15, 0.2) is 34.9 Å². The van der Waals surface area contributed by atoms with Gasteiger partial charge in [0, 0.05) is 16.1 Å². The van der Waals surface area contributed by atoms with Crippen LogP contribution in [0.4, 0.5) is 0 Å². The number of aromatic carboxylic acids is 1. The molecule has 0 atom stereocenters. The van der Waals surface area contributed by atoms with E-state index in [9.17, 15) is 9.90 Å². The van der Waals surface area contributed by atoms with Gasteiger partial charge in [0.2, 0.25) is 0 Å². The normalized spacial score (nSPS) is 10.4. The first-order valence-corrected chi connectivity index (χ1v) is 4.73. The highest BCUT2D eigenvalue weighted by Gasteiger charge is 1.99. The molecular weight excluding hydrogens is 246 g/mol. The molecule has 0 aliphatic carbocycles. The van der Waals surface area contributed by atoms with Gasteiger partial charge in [-0.15, -0.1) is 0 Å². The zero-order valence-corrected chi connectivity index (χ0v) is 8.61. The number of carboxylic acid groups (broad SMARTS) is 1. The molecule has 1 heterocycles. The van der Waals surface area contributed by atoms with E-state index in [0.717, 1.165) is 15.2 Å². The van der Waals surface area contributed by atoms with E-state index in [-0.39, 0.29) is 5.69 Å². The molecule has 2 rings (SSSR count). The smallest absolute Gasteiger partial charge is 0.0900 e. The molecule has 3 nitrogen and oxygen atoms in total. The molecule has 4 heteroatoms. The number of rotatable bonds is 1. The lowest BCUT2D eigenvalue weighted by atomic mass is 10.1. The summed E-state index contributed by atoms with van der Waals surface area (Å²) in [5, 5.41) is 12.3. The van der Waals surface area contributed by atoms with Crippen LogP contribution in [-0.4, -0.2) is 11.0 Å². The van der Waals surface area contributed by atoms with Crippen molar-refractivity contribution >= 4 is 32.7 Å². The van der Waals surface area contributed by atoms with Gasteiger partial charge in [-0.2, -0.15) is 0 Å². The van der Waals surface area contributed by atoms with Crippen LogP contribution in [0.2, 0.25) is 0 Å². The Morgan fingerprint density at radius 2 is 2.07 bits per heavy atom. The van der Waals surface area contributed by atoms with Crippen molar-refractivity contribution in [2.24, 2.45) is 0 Å². The molecule has 0 aliphatic heterocycles. The fourth-order valence-electron chi connectivity index (χ4n) is 1.22. The number of nitrogens with zero attached hydrogens (tertiary/aromatic N) is 1. The molecule has 14 heavy (non-hydrogen) atoms. The fraction of sp³-hybridized carbons (Fsp3) is 0. The quantitative estimate of drug-likeness (QED) is 0.768. The number of hydrogen-bond donors (Lipinski definition) is 0. The van der Waals surface area contributed by atoms with Crippen molar-refractivity contribution < 1.29 is 9.90 Å². The molecule has 0 N–H and O–H groups in total. The molecule has 70 valence electrons. The summed E-state index contributed by atoms with van der Waals surface area (Å²) in [4.78, 5) is 14.3. The highest BCUT2D eigenvalue weighted by Crippen LogP contribution is 2.19. The number of carbonyl (C=O) groups is 1. The van der Waals surface area contributed by atoms with Crippen molar-refractivity contribution in [2.45, 2.75) is 0 Å². The van der Waals surface area contributed by atoms with Crippen LogP contribution in [-0.2, 0) is 0 Å².